The number of benzene rings is 1. The summed E-state index contributed by atoms with van der Waals surface area (Å²) >= 11 is 0. The third-order valence-electron chi connectivity index (χ3n) is 4.99. The fourth-order valence-electron chi connectivity index (χ4n) is 3.49. The van der Waals surface area contributed by atoms with Crippen LogP contribution >= 0.6 is 0 Å². The van der Waals surface area contributed by atoms with Crippen molar-refractivity contribution >= 4 is 15.7 Å². The summed E-state index contributed by atoms with van der Waals surface area (Å²) in [6, 6.07) is 11.0. The highest BCUT2D eigenvalue weighted by molar-refractivity contribution is 7.93. The molecule has 1 aliphatic carbocycles. The molecule has 146 valence electrons. The molecule has 0 aliphatic heterocycles. The summed E-state index contributed by atoms with van der Waals surface area (Å²) in [7, 11) is -3.41. The van der Waals surface area contributed by atoms with E-state index in [0.29, 0.717) is 23.8 Å². The topological polar surface area (TPSA) is 98.0 Å². The van der Waals surface area contributed by atoms with E-state index in [9.17, 15) is 8.42 Å². The standard InChI is InChI=1S/C20H22N4O3S/c25-28(26,17-9-2-1-3-10-17)24-18-11-5-4-7-15(18)13-19-22-20(23-27-19)16-8-6-12-21-14-16/h4-8,11-12,14,17,24H,1-3,9-10,13H2. The van der Waals surface area contributed by atoms with Gasteiger partial charge in [-0.15, -0.1) is 0 Å². The number of aromatic nitrogens is 3. The lowest BCUT2D eigenvalue weighted by Gasteiger charge is -2.23. The largest absolute Gasteiger partial charge is 0.339 e. The lowest BCUT2D eigenvalue weighted by molar-refractivity contribution is 0.386. The van der Waals surface area contributed by atoms with Gasteiger partial charge in [0.1, 0.15) is 0 Å². The molecule has 1 aliphatic rings. The van der Waals surface area contributed by atoms with Crippen molar-refractivity contribution < 1.29 is 12.9 Å². The molecule has 1 N–H and O–H groups in total. The summed E-state index contributed by atoms with van der Waals surface area (Å²) in [5.41, 5.74) is 2.13. The third kappa shape index (κ3) is 4.22. The summed E-state index contributed by atoms with van der Waals surface area (Å²) in [5, 5.41) is 3.67. The first kappa shape index (κ1) is 18.6. The number of nitrogens with zero attached hydrogens (tertiary/aromatic N) is 3. The Kier molecular flexibility index (Phi) is 5.38. The highest BCUT2D eigenvalue weighted by Crippen LogP contribution is 2.27. The van der Waals surface area contributed by atoms with Crippen molar-refractivity contribution in [3.05, 3.63) is 60.2 Å². The maximum absolute atomic E-state index is 12.8. The van der Waals surface area contributed by atoms with Gasteiger partial charge >= 0.3 is 0 Å². The van der Waals surface area contributed by atoms with Crippen LogP contribution in [0.3, 0.4) is 0 Å². The molecule has 1 aromatic carbocycles. The maximum atomic E-state index is 12.8. The van der Waals surface area contributed by atoms with Crippen LogP contribution in [0.15, 0.2) is 53.3 Å². The first-order chi connectivity index (χ1) is 13.6. The Morgan fingerprint density at radius 1 is 1.07 bits per heavy atom. The zero-order valence-corrected chi connectivity index (χ0v) is 16.2. The van der Waals surface area contributed by atoms with Crippen molar-refractivity contribution in [2.45, 2.75) is 43.8 Å². The average molecular weight is 398 g/mol. The van der Waals surface area contributed by atoms with E-state index in [-0.39, 0.29) is 5.25 Å². The number of anilines is 1. The van der Waals surface area contributed by atoms with E-state index in [1.807, 2.05) is 24.3 Å². The Morgan fingerprint density at radius 3 is 2.68 bits per heavy atom. The van der Waals surface area contributed by atoms with Crippen LogP contribution in [0.2, 0.25) is 0 Å². The molecule has 1 saturated carbocycles. The maximum Gasteiger partial charge on any atom is 0.235 e. The monoisotopic (exact) mass is 398 g/mol. The van der Waals surface area contributed by atoms with Gasteiger partial charge in [0.05, 0.1) is 17.4 Å². The molecule has 0 amide bonds. The summed E-state index contributed by atoms with van der Waals surface area (Å²) in [6.07, 6.45) is 8.17. The SMILES string of the molecule is O=S(=O)(Nc1ccccc1Cc1nc(-c2cccnc2)no1)C1CCCCC1. The van der Waals surface area contributed by atoms with E-state index < -0.39 is 10.0 Å². The fourth-order valence-corrected chi connectivity index (χ4v) is 5.11. The molecule has 7 nitrogen and oxygen atoms in total. The Labute approximate surface area is 164 Å². The molecular formula is C20H22N4O3S. The zero-order chi connectivity index (χ0) is 19.4. The summed E-state index contributed by atoms with van der Waals surface area (Å²) in [5.74, 6) is 0.881. The van der Waals surface area contributed by atoms with Crippen LogP contribution < -0.4 is 4.72 Å². The normalized spacial score (nSPS) is 15.4. The van der Waals surface area contributed by atoms with Gasteiger partial charge in [0.15, 0.2) is 0 Å². The van der Waals surface area contributed by atoms with Crippen LogP contribution in [0.5, 0.6) is 0 Å². The van der Waals surface area contributed by atoms with Crippen LogP contribution in [0.4, 0.5) is 5.69 Å². The number of sulfonamides is 1. The lowest BCUT2D eigenvalue weighted by Crippen LogP contribution is -2.30. The predicted molar refractivity (Wildman–Crippen MR) is 106 cm³/mol. The molecule has 0 saturated heterocycles. The number of nitrogens with one attached hydrogen (secondary N) is 1. The van der Waals surface area contributed by atoms with Crippen molar-refractivity contribution in [1.29, 1.82) is 0 Å². The summed E-state index contributed by atoms with van der Waals surface area (Å²) < 4.78 is 33.7. The minimum atomic E-state index is -3.41. The average Bonchev–Trinajstić information content (AvgIpc) is 3.19. The minimum Gasteiger partial charge on any atom is -0.339 e. The molecule has 3 aromatic rings. The van der Waals surface area contributed by atoms with E-state index in [0.717, 1.165) is 43.2 Å². The lowest BCUT2D eigenvalue weighted by atomic mass is 10.0. The second kappa shape index (κ2) is 8.10. The number of rotatable bonds is 6. The molecule has 0 atom stereocenters. The van der Waals surface area contributed by atoms with Gasteiger partial charge in [0, 0.05) is 18.0 Å². The van der Waals surface area contributed by atoms with E-state index in [1.165, 1.54) is 0 Å². The molecule has 0 unspecified atom stereocenters. The molecule has 0 bridgehead atoms. The van der Waals surface area contributed by atoms with Gasteiger partial charge in [-0.1, -0.05) is 42.6 Å². The molecule has 28 heavy (non-hydrogen) atoms. The second-order valence-corrected chi connectivity index (χ2v) is 8.96. The highest BCUT2D eigenvalue weighted by atomic mass is 32.2. The van der Waals surface area contributed by atoms with Crippen molar-refractivity contribution in [1.82, 2.24) is 15.1 Å². The molecule has 1 fully saturated rings. The number of pyridine rings is 1. The van der Waals surface area contributed by atoms with E-state index in [4.69, 9.17) is 4.52 Å². The Hall–Kier alpha value is -2.74. The van der Waals surface area contributed by atoms with Crippen molar-refractivity contribution in [3.8, 4) is 11.4 Å². The first-order valence-electron chi connectivity index (χ1n) is 9.44. The first-order valence-corrected chi connectivity index (χ1v) is 11.0. The zero-order valence-electron chi connectivity index (χ0n) is 15.4. The molecular weight excluding hydrogens is 376 g/mol. The third-order valence-corrected chi connectivity index (χ3v) is 6.84. The fraction of sp³-hybridized carbons (Fsp3) is 0.350. The molecule has 4 rings (SSSR count). The Balaban J connectivity index is 1.53. The summed E-state index contributed by atoms with van der Waals surface area (Å²) in [6.45, 7) is 0. The van der Waals surface area contributed by atoms with Gasteiger partial charge in [0.2, 0.25) is 21.7 Å². The van der Waals surface area contributed by atoms with Gasteiger partial charge in [-0.05, 0) is 36.6 Å². The van der Waals surface area contributed by atoms with Crippen LogP contribution in [-0.4, -0.2) is 28.8 Å². The van der Waals surface area contributed by atoms with Crippen LogP contribution in [0, 0.1) is 0 Å². The number of hydrogen-bond donors (Lipinski definition) is 1. The van der Waals surface area contributed by atoms with E-state index in [2.05, 4.69) is 19.8 Å². The van der Waals surface area contributed by atoms with E-state index in [1.54, 1.807) is 24.5 Å². The van der Waals surface area contributed by atoms with Gasteiger partial charge < -0.3 is 4.52 Å². The molecule has 8 heteroatoms. The molecule has 0 spiro atoms. The Morgan fingerprint density at radius 2 is 1.89 bits per heavy atom. The molecule has 0 radical (unpaired) electrons. The van der Waals surface area contributed by atoms with Crippen molar-refractivity contribution in [2.24, 2.45) is 0 Å². The van der Waals surface area contributed by atoms with Crippen LogP contribution in [0.1, 0.15) is 43.6 Å². The van der Waals surface area contributed by atoms with E-state index >= 15 is 0 Å². The van der Waals surface area contributed by atoms with Crippen LogP contribution in [0.25, 0.3) is 11.4 Å². The Bertz CT molecular complexity index is 1030. The minimum absolute atomic E-state index is 0.324. The smallest absolute Gasteiger partial charge is 0.235 e. The van der Waals surface area contributed by atoms with Crippen molar-refractivity contribution in [2.75, 3.05) is 4.72 Å². The van der Waals surface area contributed by atoms with Gasteiger partial charge in [-0.25, -0.2) is 8.42 Å². The van der Waals surface area contributed by atoms with Crippen LogP contribution in [-0.2, 0) is 16.4 Å². The van der Waals surface area contributed by atoms with Crippen molar-refractivity contribution in [3.63, 3.8) is 0 Å². The highest BCUT2D eigenvalue weighted by Gasteiger charge is 2.27. The predicted octanol–water partition coefficient (Wildman–Crippen LogP) is 3.80. The number of hydrogen-bond acceptors (Lipinski definition) is 6. The second-order valence-electron chi connectivity index (χ2n) is 6.99. The quantitative estimate of drug-likeness (QED) is 0.678. The summed E-state index contributed by atoms with van der Waals surface area (Å²) in [4.78, 5) is 8.46. The van der Waals surface area contributed by atoms with Gasteiger partial charge in [-0.3, -0.25) is 9.71 Å². The van der Waals surface area contributed by atoms with Gasteiger partial charge in [0.25, 0.3) is 0 Å². The molecule has 2 aromatic heterocycles. The van der Waals surface area contributed by atoms with Gasteiger partial charge in [-0.2, -0.15) is 4.98 Å². The molecule has 2 heterocycles. The number of para-hydroxylation sites is 1.